The zero-order valence-corrected chi connectivity index (χ0v) is 18.1. The van der Waals surface area contributed by atoms with Gasteiger partial charge in [-0.3, -0.25) is 14.9 Å². The van der Waals surface area contributed by atoms with Gasteiger partial charge in [0.15, 0.2) is 0 Å². The first-order valence-corrected chi connectivity index (χ1v) is 10.6. The number of benzene rings is 2. The van der Waals surface area contributed by atoms with E-state index in [9.17, 15) is 14.9 Å². The van der Waals surface area contributed by atoms with Crippen molar-refractivity contribution >= 4 is 45.6 Å². The number of nitrogens with zero attached hydrogens (tertiary/aromatic N) is 3. The Kier molecular flexibility index (Phi) is 5.78. The fourth-order valence-electron chi connectivity index (χ4n) is 3.85. The number of nitrogens with one attached hydrogen (secondary N) is 1. The lowest BCUT2D eigenvalue weighted by Crippen LogP contribution is -2.33. The first-order chi connectivity index (χ1) is 14.8. The highest BCUT2D eigenvalue weighted by Gasteiger charge is 2.19. The third kappa shape index (κ3) is 4.46. The largest absolute Gasteiger partial charge is 0.357 e. The number of carbonyl (C=O) groups is 1. The van der Waals surface area contributed by atoms with Gasteiger partial charge in [0.2, 0.25) is 0 Å². The van der Waals surface area contributed by atoms with Crippen LogP contribution in [0.3, 0.4) is 0 Å². The van der Waals surface area contributed by atoms with Gasteiger partial charge in [-0.15, -0.1) is 0 Å². The molecule has 1 saturated heterocycles. The molecule has 160 valence electrons. The predicted molar refractivity (Wildman–Crippen MR) is 123 cm³/mol. The molecule has 3 aromatic rings. The molecule has 1 aliphatic rings. The van der Waals surface area contributed by atoms with Crippen LogP contribution in [0.5, 0.6) is 0 Å². The average molecular weight is 439 g/mol. The maximum Gasteiger partial charge on any atom is 0.288 e. The van der Waals surface area contributed by atoms with E-state index in [0.717, 1.165) is 41.3 Å². The monoisotopic (exact) mass is 438 g/mol. The van der Waals surface area contributed by atoms with Gasteiger partial charge >= 0.3 is 0 Å². The van der Waals surface area contributed by atoms with E-state index in [1.165, 1.54) is 31.0 Å². The normalized spacial score (nSPS) is 14.6. The molecule has 0 atom stereocenters. The number of hydrogen-bond acceptors (Lipinski definition) is 5. The van der Waals surface area contributed by atoms with Gasteiger partial charge in [0.1, 0.15) is 10.8 Å². The highest BCUT2D eigenvalue weighted by molar-refractivity contribution is 6.32. The van der Waals surface area contributed by atoms with Gasteiger partial charge < -0.3 is 10.2 Å². The molecule has 0 bridgehead atoms. The number of hydrogen-bond donors (Lipinski definition) is 1. The van der Waals surface area contributed by atoms with Crippen LogP contribution in [0.1, 0.15) is 35.7 Å². The number of rotatable bonds is 4. The van der Waals surface area contributed by atoms with Crippen LogP contribution >= 0.6 is 11.6 Å². The van der Waals surface area contributed by atoms with Crippen LogP contribution in [0.4, 0.5) is 17.2 Å². The van der Waals surface area contributed by atoms with Crippen molar-refractivity contribution in [3.8, 4) is 0 Å². The molecular weight excluding hydrogens is 416 g/mol. The zero-order chi connectivity index (χ0) is 22.1. The lowest BCUT2D eigenvalue weighted by atomic mass is 9.99. The van der Waals surface area contributed by atoms with E-state index in [0.29, 0.717) is 5.69 Å². The summed E-state index contributed by atoms with van der Waals surface area (Å²) in [4.78, 5) is 30.2. The molecule has 1 fully saturated rings. The van der Waals surface area contributed by atoms with Crippen molar-refractivity contribution in [2.45, 2.75) is 26.7 Å². The molecule has 2 aromatic carbocycles. The summed E-state index contributed by atoms with van der Waals surface area (Å²) in [6.45, 7) is 6.35. The number of amides is 1. The summed E-state index contributed by atoms with van der Waals surface area (Å²) in [6.07, 6.45) is 2.35. The summed E-state index contributed by atoms with van der Waals surface area (Å²) < 4.78 is 0. The molecule has 1 N–H and O–H groups in total. The molecule has 1 aromatic heterocycles. The molecule has 1 aliphatic heterocycles. The molecular formula is C23H23ClN4O3. The van der Waals surface area contributed by atoms with Gasteiger partial charge in [-0.2, -0.15) is 0 Å². The molecule has 0 unspecified atom stereocenters. The van der Waals surface area contributed by atoms with Gasteiger partial charge in [0, 0.05) is 35.8 Å². The first-order valence-electron chi connectivity index (χ1n) is 10.2. The smallest absolute Gasteiger partial charge is 0.288 e. The Labute approximate surface area is 185 Å². The van der Waals surface area contributed by atoms with Gasteiger partial charge in [0.25, 0.3) is 11.6 Å². The summed E-state index contributed by atoms with van der Waals surface area (Å²) in [5.74, 6) is 1.30. The highest BCUT2D eigenvalue weighted by Crippen LogP contribution is 2.29. The van der Waals surface area contributed by atoms with E-state index >= 15 is 0 Å². The van der Waals surface area contributed by atoms with E-state index in [2.05, 4.69) is 23.2 Å². The van der Waals surface area contributed by atoms with E-state index in [1.54, 1.807) is 6.07 Å². The Morgan fingerprint density at radius 1 is 1.19 bits per heavy atom. The molecule has 7 nitrogen and oxygen atoms in total. The van der Waals surface area contributed by atoms with Crippen LogP contribution in [-0.2, 0) is 0 Å². The Bertz CT molecular complexity index is 1170. The van der Waals surface area contributed by atoms with Crippen LogP contribution in [0, 0.1) is 23.0 Å². The van der Waals surface area contributed by atoms with E-state index < -0.39 is 10.8 Å². The Balaban J connectivity index is 1.57. The van der Waals surface area contributed by atoms with Crippen molar-refractivity contribution in [1.82, 2.24) is 4.98 Å². The number of halogens is 1. The second-order valence-corrected chi connectivity index (χ2v) is 8.48. The number of fused-ring (bicyclic) bond motifs is 1. The van der Waals surface area contributed by atoms with Crippen LogP contribution in [0.25, 0.3) is 10.9 Å². The molecule has 0 saturated carbocycles. The number of pyridine rings is 1. The van der Waals surface area contributed by atoms with Crippen molar-refractivity contribution in [3.05, 3.63) is 68.7 Å². The SMILES string of the molecule is Cc1cc(N2CCC(C)CC2)nc2ccc(NC(=O)c3ccc(Cl)c([N+](=O)[O-])c3)cc12. The van der Waals surface area contributed by atoms with Crippen LogP contribution < -0.4 is 10.2 Å². The maximum absolute atomic E-state index is 12.6. The van der Waals surface area contributed by atoms with Crippen LogP contribution in [-0.4, -0.2) is 28.9 Å². The lowest BCUT2D eigenvalue weighted by Gasteiger charge is -2.31. The molecule has 0 spiro atoms. The predicted octanol–water partition coefficient (Wildman–Crippen LogP) is 5.59. The number of nitro groups is 1. The van der Waals surface area contributed by atoms with Crippen molar-refractivity contribution in [3.63, 3.8) is 0 Å². The minimum absolute atomic E-state index is 0.00655. The Morgan fingerprint density at radius 2 is 1.94 bits per heavy atom. The summed E-state index contributed by atoms with van der Waals surface area (Å²) in [5, 5.41) is 14.8. The lowest BCUT2D eigenvalue weighted by molar-refractivity contribution is -0.384. The average Bonchev–Trinajstić information content (AvgIpc) is 2.74. The van der Waals surface area contributed by atoms with Crippen LogP contribution in [0.2, 0.25) is 5.02 Å². The number of piperidine rings is 1. The number of aryl methyl sites for hydroxylation is 1. The zero-order valence-electron chi connectivity index (χ0n) is 17.4. The molecule has 8 heteroatoms. The third-order valence-corrected chi connectivity index (χ3v) is 6.09. The first kappa shape index (κ1) is 21.1. The maximum atomic E-state index is 12.6. The number of nitro benzene ring substituents is 1. The van der Waals surface area contributed by atoms with Crippen LogP contribution in [0.15, 0.2) is 42.5 Å². The molecule has 4 rings (SSSR count). The summed E-state index contributed by atoms with van der Waals surface area (Å²) >= 11 is 5.83. The van der Waals surface area contributed by atoms with Gasteiger partial charge in [0.05, 0.1) is 10.4 Å². The number of carbonyl (C=O) groups excluding carboxylic acids is 1. The second kappa shape index (κ2) is 8.51. The molecule has 1 amide bonds. The van der Waals surface area contributed by atoms with Crippen molar-refractivity contribution in [2.75, 3.05) is 23.3 Å². The minimum Gasteiger partial charge on any atom is -0.357 e. The molecule has 31 heavy (non-hydrogen) atoms. The van der Waals surface area contributed by atoms with Gasteiger partial charge in [-0.1, -0.05) is 18.5 Å². The van der Waals surface area contributed by atoms with E-state index in [4.69, 9.17) is 16.6 Å². The Morgan fingerprint density at radius 3 is 2.65 bits per heavy atom. The molecule has 0 aliphatic carbocycles. The van der Waals surface area contributed by atoms with Gasteiger partial charge in [-0.05, 0) is 67.6 Å². The quantitative estimate of drug-likeness (QED) is 0.423. The fraction of sp³-hybridized carbons (Fsp3) is 0.304. The van der Waals surface area contributed by atoms with Gasteiger partial charge in [-0.25, -0.2) is 4.98 Å². The van der Waals surface area contributed by atoms with Crippen molar-refractivity contribution < 1.29 is 9.72 Å². The minimum atomic E-state index is -0.606. The standard InChI is InChI=1S/C23H23ClN4O3/c1-14-7-9-27(10-8-14)22-11-15(2)18-13-17(4-6-20(18)26-22)25-23(29)16-3-5-19(24)21(12-16)28(30)31/h3-6,11-14H,7-10H2,1-2H3,(H,25,29). The molecule has 0 radical (unpaired) electrons. The Hall–Kier alpha value is -3.19. The summed E-state index contributed by atoms with van der Waals surface area (Å²) in [6, 6.07) is 11.6. The highest BCUT2D eigenvalue weighted by atomic mass is 35.5. The van der Waals surface area contributed by atoms with E-state index in [-0.39, 0.29) is 16.3 Å². The third-order valence-electron chi connectivity index (χ3n) is 5.77. The summed E-state index contributed by atoms with van der Waals surface area (Å²) in [5.41, 5.74) is 2.42. The van der Waals surface area contributed by atoms with E-state index in [1.807, 2.05) is 19.1 Å². The molecule has 2 heterocycles. The topological polar surface area (TPSA) is 88.4 Å². The number of aromatic nitrogens is 1. The van der Waals surface area contributed by atoms with Crippen molar-refractivity contribution in [1.29, 1.82) is 0 Å². The van der Waals surface area contributed by atoms with Crippen molar-refractivity contribution in [2.24, 2.45) is 5.92 Å². The summed E-state index contributed by atoms with van der Waals surface area (Å²) in [7, 11) is 0. The second-order valence-electron chi connectivity index (χ2n) is 8.08. The number of anilines is 2. The fourth-order valence-corrected chi connectivity index (χ4v) is 4.04.